The van der Waals surface area contributed by atoms with Crippen molar-refractivity contribution in [2.45, 2.75) is 39.7 Å². The van der Waals surface area contributed by atoms with Crippen LogP contribution in [-0.4, -0.2) is 28.4 Å². The highest BCUT2D eigenvalue weighted by atomic mass is 32.1. The number of aromatic nitrogens is 1. The molecule has 0 bridgehead atoms. The van der Waals surface area contributed by atoms with E-state index in [1.54, 1.807) is 12.1 Å². The molecule has 1 aliphatic rings. The van der Waals surface area contributed by atoms with Crippen LogP contribution in [0.15, 0.2) is 72.3 Å². The second kappa shape index (κ2) is 10.2. The molecule has 1 saturated heterocycles. The fourth-order valence-corrected chi connectivity index (χ4v) is 5.51. The van der Waals surface area contributed by atoms with E-state index in [1.165, 1.54) is 21.8 Å². The number of amides is 1. The van der Waals surface area contributed by atoms with Gasteiger partial charge < -0.3 is 9.84 Å². The van der Waals surface area contributed by atoms with Gasteiger partial charge in [-0.05, 0) is 55.2 Å². The zero-order chi connectivity index (χ0) is 26.1. The SMILES string of the molecule is CCCOc1ccc([C@H]2/C(=C(\O)c3ccc(C)cc3)C(=O)C(=O)N2c2nc3ccc(CC)cc3s2)cc1. The maximum atomic E-state index is 13.5. The Morgan fingerprint density at radius 1 is 1.03 bits per heavy atom. The zero-order valence-corrected chi connectivity index (χ0v) is 21.8. The van der Waals surface area contributed by atoms with Crippen LogP contribution in [0.3, 0.4) is 0 Å². The number of ketones is 1. The number of fused-ring (bicyclic) bond motifs is 1. The van der Waals surface area contributed by atoms with E-state index in [4.69, 9.17) is 9.72 Å². The van der Waals surface area contributed by atoms with Crippen molar-refractivity contribution in [3.05, 3.63) is 94.6 Å². The van der Waals surface area contributed by atoms with Gasteiger partial charge in [0.1, 0.15) is 11.5 Å². The summed E-state index contributed by atoms with van der Waals surface area (Å²) >= 11 is 1.37. The summed E-state index contributed by atoms with van der Waals surface area (Å²) in [6.45, 7) is 6.66. The van der Waals surface area contributed by atoms with Crippen LogP contribution in [0.1, 0.15) is 48.6 Å². The van der Waals surface area contributed by atoms with Gasteiger partial charge in [-0.15, -0.1) is 0 Å². The third-order valence-electron chi connectivity index (χ3n) is 6.49. The van der Waals surface area contributed by atoms with Crippen molar-refractivity contribution in [1.82, 2.24) is 4.98 Å². The molecule has 5 rings (SSSR count). The summed E-state index contributed by atoms with van der Waals surface area (Å²) in [7, 11) is 0. The summed E-state index contributed by atoms with van der Waals surface area (Å²) in [5, 5.41) is 11.7. The minimum Gasteiger partial charge on any atom is -0.507 e. The highest BCUT2D eigenvalue weighted by molar-refractivity contribution is 7.22. The largest absolute Gasteiger partial charge is 0.507 e. The molecule has 37 heavy (non-hydrogen) atoms. The number of thiazole rings is 1. The molecule has 0 aliphatic carbocycles. The van der Waals surface area contributed by atoms with E-state index < -0.39 is 17.7 Å². The van der Waals surface area contributed by atoms with Gasteiger partial charge in [0.2, 0.25) is 0 Å². The van der Waals surface area contributed by atoms with Crippen molar-refractivity contribution in [1.29, 1.82) is 0 Å². The van der Waals surface area contributed by atoms with Gasteiger partial charge in [-0.2, -0.15) is 0 Å². The molecule has 0 unspecified atom stereocenters. The summed E-state index contributed by atoms with van der Waals surface area (Å²) < 4.78 is 6.67. The third-order valence-corrected chi connectivity index (χ3v) is 7.51. The number of aryl methyl sites for hydroxylation is 2. The van der Waals surface area contributed by atoms with Crippen molar-refractivity contribution < 1.29 is 19.4 Å². The molecule has 7 heteroatoms. The van der Waals surface area contributed by atoms with Gasteiger partial charge in [0.25, 0.3) is 5.78 Å². The van der Waals surface area contributed by atoms with Crippen molar-refractivity contribution >= 4 is 44.1 Å². The standard InChI is InChI=1S/C30H28N2O4S/c1-4-16-36-22-13-11-20(12-14-22)26-25(27(33)21-9-6-18(3)7-10-21)28(34)29(35)32(26)30-31-23-15-8-19(5-2)17-24(23)37-30/h6-15,17,26,33H,4-5,16H2,1-3H3/b27-25+/t26-/m0/s1. The van der Waals surface area contributed by atoms with Gasteiger partial charge in [-0.25, -0.2) is 4.98 Å². The van der Waals surface area contributed by atoms with Crippen molar-refractivity contribution in [3.8, 4) is 5.75 Å². The van der Waals surface area contributed by atoms with E-state index in [-0.39, 0.29) is 11.3 Å². The van der Waals surface area contributed by atoms with Crippen LogP contribution < -0.4 is 9.64 Å². The number of aliphatic hydroxyl groups excluding tert-OH is 1. The van der Waals surface area contributed by atoms with Crippen LogP contribution >= 0.6 is 11.3 Å². The number of rotatable bonds is 7. The fourth-order valence-electron chi connectivity index (χ4n) is 4.46. The van der Waals surface area contributed by atoms with E-state index in [2.05, 4.69) is 13.0 Å². The van der Waals surface area contributed by atoms with E-state index in [1.807, 2.05) is 62.4 Å². The molecule has 0 spiro atoms. The van der Waals surface area contributed by atoms with E-state index in [0.29, 0.717) is 28.6 Å². The summed E-state index contributed by atoms with van der Waals surface area (Å²) in [4.78, 5) is 33.0. The second-order valence-corrected chi connectivity index (χ2v) is 10.1. The number of benzene rings is 3. The van der Waals surface area contributed by atoms with Gasteiger partial charge in [0, 0.05) is 5.56 Å². The van der Waals surface area contributed by atoms with Gasteiger partial charge in [0.15, 0.2) is 5.13 Å². The molecule has 1 fully saturated rings. The van der Waals surface area contributed by atoms with Crippen molar-refractivity contribution in [3.63, 3.8) is 0 Å². The van der Waals surface area contributed by atoms with Crippen LogP contribution in [0.25, 0.3) is 16.0 Å². The Balaban J connectivity index is 1.66. The maximum absolute atomic E-state index is 13.5. The number of hydrogen-bond donors (Lipinski definition) is 1. The molecule has 0 radical (unpaired) electrons. The van der Waals surface area contributed by atoms with E-state index >= 15 is 0 Å². The van der Waals surface area contributed by atoms with Gasteiger partial charge in [-0.1, -0.05) is 73.2 Å². The normalized spacial score (nSPS) is 17.1. The quantitative estimate of drug-likeness (QED) is 0.172. The van der Waals surface area contributed by atoms with Crippen LogP contribution in [0.4, 0.5) is 5.13 Å². The summed E-state index contributed by atoms with van der Waals surface area (Å²) in [6.07, 6.45) is 1.77. The van der Waals surface area contributed by atoms with Crippen LogP contribution in [0.5, 0.6) is 5.75 Å². The number of Topliss-reactive ketones (excluding diaryl/α,β-unsaturated/α-hetero) is 1. The summed E-state index contributed by atoms with van der Waals surface area (Å²) in [5.41, 5.74) is 4.17. The van der Waals surface area contributed by atoms with Crippen LogP contribution in [0.2, 0.25) is 0 Å². The highest BCUT2D eigenvalue weighted by Gasteiger charge is 2.48. The van der Waals surface area contributed by atoms with Gasteiger partial charge >= 0.3 is 5.91 Å². The molecular formula is C30H28N2O4S. The molecule has 1 aromatic heterocycles. The Hall–Kier alpha value is -3.97. The Kier molecular flexibility index (Phi) is 6.80. The molecule has 1 amide bonds. The number of carbonyl (C=O) groups excluding carboxylic acids is 2. The molecule has 0 saturated carbocycles. The Morgan fingerprint density at radius 3 is 2.43 bits per heavy atom. The van der Waals surface area contributed by atoms with Gasteiger partial charge in [-0.3, -0.25) is 14.5 Å². The lowest BCUT2D eigenvalue weighted by atomic mass is 9.95. The minimum atomic E-state index is -0.826. The van der Waals surface area contributed by atoms with Crippen molar-refractivity contribution in [2.24, 2.45) is 0 Å². The first-order valence-electron chi connectivity index (χ1n) is 12.4. The van der Waals surface area contributed by atoms with Crippen LogP contribution in [0, 0.1) is 6.92 Å². The monoisotopic (exact) mass is 512 g/mol. The summed E-state index contributed by atoms with van der Waals surface area (Å²) in [6, 6.07) is 19.7. The second-order valence-electron chi connectivity index (χ2n) is 9.10. The molecule has 1 aliphatic heterocycles. The molecule has 1 N–H and O–H groups in total. The fraction of sp³-hybridized carbons (Fsp3) is 0.233. The van der Waals surface area contributed by atoms with Crippen LogP contribution in [-0.2, 0) is 16.0 Å². The number of carbonyl (C=O) groups is 2. The van der Waals surface area contributed by atoms with E-state index in [0.717, 1.165) is 28.6 Å². The Bertz CT molecular complexity index is 1500. The zero-order valence-electron chi connectivity index (χ0n) is 21.0. The predicted octanol–water partition coefficient (Wildman–Crippen LogP) is 6.58. The first-order valence-corrected chi connectivity index (χ1v) is 13.2. The Morgan fingerprint density at radius 2 is 1.76 bits per heavy atom. The number of ether oxygens (including phenoxy) is 1. The minimum absolute atomic E-state index is 0.0459. The molecule has 6 nitrogen and oxygen atoms in total. The molecule has 2 heterocycles. The molecular weight excluding hydrogens is 484 g/mol. The molecule has 3 aromatic carbocycles. The lowest BCUT2D eigenvalue weighted by molar-refractivity contribution is -0.132. The topological polar surface area (TPSA) is 79.7 Å². The molecule has 4 aromatic rings. The predicted molar refractivity (Wildman–Crippen MR) is 147 cm³/mol. The third kappa shape index (κ3) is 4.62. The van der Waals surface area contributed by atoms with Crippen molar-refractivity contribution in [2.75, 3.05) is 11.5 Å². The smallest absolute Gasteiger partial charge is 0.301 e. The first kappa shape index (κ1) is 24.7. The van der Waals surface area contributed by atoms with E-state index in [9.17, 15) is 14.7 Å². The number of aliphatic hydroxyl groups is 1. The molecule has 1 atom stereocenters. The molecule has 188 valence electrons. The number of hydrogen-bond acceptors (Lipinski definition) is 6. The number of anilines is 1. The first-order chi connectivity index (χ1) is 17.9. The average Bonchev–Trinajstić information content (AvgIpc) is 3.45. The average molecular weight is 513 g/mol. The summed E-state index contributed by atoms with van der Waals surface area (Å²) in [5.74, 6) is -0.942. The highest BCUT2D eigenvalue weighted by Crippen LogP contribution is 2.44. The number of nitrogens with zero attached hydrogens (tertiary/aromatic N) is 2. The lowest BCUT2D eigenvalue weighted by Crippen LogP contribution is -2.29. The Labute approximate surface area is 219 Å². The lowest BCUT2D eigenvalue weighted by Gasteiger charge is -2.23. The van der Waals surface area contributed by atoms with Gasteiger partial charge in [0.05, 0.1) is 28.4 Å². The maximum Gasteiger partial charge on any atom is 0.301 e.